The van der Waals surface area contributed by atoms with Crippen LogP contribution in [0.1, 0.15) is 17.7 Å². The number of allylic oxidation sites excluding steroid dienone is 1. The number of aromatic nitrogens is 1. The third-order valence-electron chi connectivity index (χ3n) is 2.23. The third kappa shape index (κ3) is 3.47. The molecule has 0 radical (unpaired) electrons. The summed E-state index contributed by atoms with van der Waals surface area (Å²) in [7, 11) is 0. The second-order valence-electron chi connectivity index (χ2n) is 3.47. The van der Waals surface area contributed by atoms with Gasteiger partial charge >= 0.3 is 0 Å². The Morgan fingerprint density at radius 2 is 2.06 bits per heavy atom. The molecular formula is C13H12ClNS. The lowest BCUT2D eigenvalue weighted by molar-refractivity contribution is 0.962. The number of nitrogens with zero attached hydrogens (tertiary/aromatic N) is 1. The lowest BCUT2D eigenvalue weighted by atomic mass is 10.2. The Balaban J connectivity index is 1.83. The number of hydrogen-bond donors (Lipinski definition) is 0. The number of benzene rings is 1. The molecule has 3 heteroatoms. The van der Waals surface area contributed by atoms with Crippen molar-refractivity contribution in [2.45, 2.75) is 12.8 Å². The van der Waals surface area contributed by atoms with E-state index in [-0.39, 0.29) is 0 Å². The van der Waals surface area contributed by atoms with Crippen molar-refractivity contribution >= 4 is 29.0 Å². The van der Waals surface area contributed by atoms with Crippen molar-refractivity contribution in [1.29, 1.82) is 0 Å². The molecule has 0 unspecified atom stereocenters. The van der Waals surface area contributed by atoms with Crippen molar-refractivity contribution in [3.63, 3.8) is 0 Å². The van der Waals surface area contributed by atoms with E-state index in [1.807, 2.05) is 29.8 Å². The van der Waals surface area contributed by atoms with Gasteiger partial charge in [-0.2, -0.15) is 0 Å². The van der Waals surface area contributed by atoms with Gasteiger partial charge in [0.05, 0.1) is 11.2 Å². The molecule has 82 valence electrons. The second kappa shape index (κ2) is 5.83. The fourth-order valence-corrected chi connectivity index (χ4v) is 2.10. The standard InChI is InChI=1S/C13H12ClNS/c14-12-7-5-11(6-8-12)3-1-2-4-13-9-16-10-15-13/h1,3,5-10H,2,4H2. The van der Waals surface area contributed by atoms with E-state index in [1.165, 1.54) is 11.3 Å². The smallest absolute Gasteiger partial charge is 0.0794 e. The molecule has 0 atom stereocenters. The van der Waals surface area contributed by atoms with Gasteiger partial charge in [0, 0.05) is 10.4 Å². The van der Waals surface area contributed by atoms with Gasteiger partial charge in [0.1, 0.15) is 0 Å². The maximum absolute atomic E-state index is 5.81. The van der Waals surface area contributed by atoms with Gasteiger partial charge in [0.2, 0.25) is 0 Å². The summed E-state index contributed by atoms with van der Waals surface area (Å²) in [4.78, 5) is 4.24. The molecule has 0 saturated carbocycles. The first-order valence-corrected chi connectivity index (χ1v) is 6.46. The Labute approximate surface area is 104 Å². The highest BCUT2D eigenvalue weighted by Gasteiger charge is 1.92. The Morgan fingerprint density at radius 1 is 1.25 bits per heavy atom. The van der Waals surface area contributed by atoms with E-state index >= 15 is 0 Å². The fourth-order valence-electron chi connectivity index (χ4n) is 1.39. The average Bonchev–Trinajstić information content (AvgIpc) is 2.80. The minimum atomic E-state index is 0.777. The van der Waals surface area contributed by atoms with Gasteiger partial charge in [-0.25, -0.2) is 4.98 Å². The van der Waals surface area contributed by atoms with Gasteiger partial charge in [0.25, 0.3) is 0 Å². The van der Waals surface area contributed by atoms with E-state index in [1.54, 1.807) is 11.3 Å². The SMILES string of the molecule is Clc1ccc(C=CCCc2cscn2)cc1. The van der Waals surface area contributed by atoms with Crippen LogP contribution in [0.15, 0.2) is 41.2 Å². The predicted molar refractivity (Wildman–Crippen MR) is 70.9 cm³/mol. The van der Waals surface area contributed by atoms with Gasteiger partial charge in [-0.1, -0.05) is 35.9 Å². The van der Waals surface area contributed by atoms with Gasteiger partial charge in [-0.3, -0.25) is 0 Å². The van der Waals surface area contributed by atoms with Crippen LogP contribution < -0.4 is 0 Å². The second-order valence-corrected chi connectivity index (χ2v) is 4.63. The molecule has 0 amide bonds. The van der Waals surface area contributed by atoms with Crippen LogP contribution >= 0.6 is 22.9 Å². The molecule has 0 aliphatic rings. The van der Waals surface area contributed by atoms with Crippen LogP contribution in [-0.2, 0) is 6.42 Å². The maximum atomic E-state index is 5.81. The van der Waals surface area contributed by atoms with Crippen molar-refractivity contribution in [2.24, 2.45) is 0 Å². The van der Waals surface area contributed by atoms with Crippen molar-refractivity contribution in [1.82, 2.24) is 4.98 Å². The molecule has 0 aliphatic heterocycles. The summed E-state index contributed by atoms with van der Waals surface area (Å²) >= 11 is 7.46. The van der Waals surface area contributed by atoms with E-state index in [2.05, 4.69) is 22.5 Å². The summed E-state index contributed by atoms with van der Waals surface area (Å²) < 4.78 is 0. The molecule has 2 rings (SSSR count). The molecular weight excluding hydrogens is 238 g/mol. The average molecular weight is 250 g/mol. The number of rotatable bonds is 4. The van der Waals surface area contributed by atoms with Crippen LogP contribution in [-0.4, -0.2) is 4.98 Å². The van der Waals surface area contributed by atoms with E-state index < -0.39 is 0 Å². The summed E-state index contributed by atoms with van der Waals surface area (Å²) in [6.45, 7) is 0. The Hall–Kier alpha value is -1.12. The fraction of sp³-hybridized carbons (Fsp3) is 0.154. The van der Waals surface area contributed by atoms with Crippen molar-refractivity contribution < 1.29 is 0 Å². The van der Waals surface area contributed by atoms with E-state index in [9.17, 15) is 0 Å². The summed E-state index contributed by atoms with van der Waals surface area (Å²) in [5.41, 5.74) is 4.23. The minimum absolute atomic E-state index is 0.777. The number of thiazole rings is 1. The summed E-state index contributed by atoms with van der Waals surface area (Å²) in [5, 5.41) is 2.87. The molecule has 0 aliphatic carbocycles. The Kier molecular flexibility index (Phi) is 4.14. The van der Waals surface area contributed by atoms with Crippen LogP contribution in [0, 0.1) is 0 Å². The van der Waals surface area contributed by atoms with Crippen LogP contribution in [0.5, 0.6) is 0 Å². The number of aryl methyl sites for hydroxylation is 1. The first-order chi connectivity index (χ1) is 7.84. The largest absolute Gasteiger partial charge is 0.250 e. The maximum Gasteiger partial charge on any atom is 0.0794 e. The lowest BCUT2D eigenvalue weighted by Crippen LogP contribution is -1.81. The summed E-state index contributed by atoms with van der Waals surface area (Å²) in [6, 6.07) is 7.84. The number of hydrogen-bond acceptors (Lipinski definition) is 2. The van der Waals surface area contributed by atoms with Crippen LogP contribution in [0.3, 0.4) is 0 Å². The molecule has 1 heterocycles. The Morgan fingerprint density at radius 3 is 2.75 bits per heavy atom. The van der Waals surface area contributed by atoms with Crippen molar-refractivity contribution in [3.05, 3.63) is 57.5 Å². The minimum Gasteiger partial charge on any atom is -0.250 e. The lowest BCUT2D eigenvalue weighted by Gasteiger charge is -1.94. The van der Waals surface area contributed by atoms with Crippen molar-refractivity contribution in [2.75, 3.05) is 0 Å². The number of halogens is 1. The highest BCUT2D eigenvalue weighted by atomic mass is 35.5. The van der Waals surface area contributed by atoms with E-state index in [0.717, 1.165) is 17.9 Å². The molecule has 0 N–H and O–H groups in total. The van der Waals surface area contributed by atoms with Crippen LogP contribution in [0.4, 0.5) is 0 Å². The molecule has 0 bridgehead atoms. The van der Waals surface area contributed by atoms with E-state index in [4.69, 9.17) is 11.6 Å². The van der Waals surface area contributed by atoms with Gasteiger partial charge in [-0.05, 0) is 30.5 Å². The first-order valence-electron chi connectivity index (χ1n) is 5.14. The van der Waals surface area contributed by atoms with Gasteiger partial charge in [0.15, 0.2) is 0 Å². The zero-order valence-corrected chi connectivity index (χ0v) is 10.3. The van der Waals surface area contributed by atoms with Crippen LogP contribution in [0.2, 0.25) is 5.02 Å². The molecule has 0 spiro atoms. The van der Waals surface area contributed by atoms with Crippen LogP contribution in [0.25, 0.3) is 6.08 Å². The zero-order valence-electron chi connectivity index (χ0n) is 8.77. The monoisotopic (exact) mass is 249 g/mol. The molecule has 2 aromatic rings. The quantitative estimate of drug-likeness (QED) is 0.781. The molecule has 0 saturated heterocycles. The van der Waals surface area contributed by atoms with Gasteiger partial charge < -0.3 is 0 Å². The molecule has 16 heavy (non-hydrogen) atoms. The highest BCUT2D eigenvalue weighted by molar-refractivity contribution is 7.07. The zero-order chi connectivity index (χ0) is 11.2. The molecule has 1 nitrogen and oxygen atoms in total. The molecule has 0 fully saturated rings. The van der Waals surface area contributed by atoms with Gasteiger partial charge in [-0.15, -0.1) is 11.3 Å². The normalized spacial score (nSPS) is 11.1. The summed E-state index contributed by atoms with van der Waals surface area (Å²) in [6.07, 6.45) is 6.31. The van der Waals surface area contributed by atoms with Crippen molar-refractivity contribution in [3.8, 4) is 0 Å². The topological polar surface area (TPSA) is 12.9 Å². The van der Waals surface area contributed by atoms with E-state index in [0.29, 0.717) is 0 Å². The Bertz CT molecular complexity index is 445. The molecule has 1 aromatic heterocycles. The summed E-state index contributed by atoms with van der Waals surface area (Å²) in [5.74, 6) is 0. The highest BCUT2D eigenvalue weighted by Crippen LogP contribution is 2.11. The predicted octanol–water partition coefficient (Wildman–Crippen LogP) is 4.44. The molecule has 1 aromatic carbocycles. The third-order valence-corrected chi connectivity index (χ3v) is 3.12. The first kappa shape index (κ1) is 11.4.